The molecule has 11 nitrogen and oxygen atoms in total. The Bertz CT molecular complexity index is 1520. The van der Waals surface area contributed by atoms with Gasteiger partial charge in [-0.3, -0.25) is 4.90 Å². The van der Waals surface area contributed by atoms with Crippen LogP contribution in [-0.2, 0) is 11.8 Å². The molecule has 3 heterocycles. The first-order valence-corrected chi connectivity index (χ1v) is 14.9. The lowest BCUT2D eigenvalue weighted by molar-refractivity contribution is -0.0188. The molecule has 3 aromatic heterocycles. The van der Waals surface area contributed by atoms with E-state index in [9.17, 15) is 10.2 Å². The van der Waals surface area contributed by atoms with Crippen LogP contribution in [0, 0.1) is 11.8 Å². The van der Waals surface area contributed by atoms with E-state index in [1.165, 1.54) is 11.9 Å². The number of nitrogens with two attached hydrogens (primary N) is 1. The van der Waals surface area contributed by atoms with E-state index in [1.807, 2.05) is 0 Å². The lowest BCUT2D eigenvalue weighted by Crippen LogP contribution is -2.51. The first-order valence-electron chi connectivity index (χ1n) is 14.9. The highest BCUT2D eigenvalue weighted by Gasteiger charge is 2.46. The number of anilines is 1. The van der Waals surface area contributed by atoms with E-state index in [-0.39, 0.29) is 17.2 Å². The molecule has 1 aromatic carbocycles. The van der Waals surface area contributed by atoms with Crippen LogP contribution in [0.1, 0.15) is 77.7 Å². The number of aromatic nitrogens is 7. The molecule has 2 saturated carbocycles. The van der Waals surface area contributed by atoms with E-state index in [4.69, 9.17) is 10.7 Å². The van der Waals surface area contributed by atoms with Crippen molar-refractivity contribution in [3.05, 3.63) is 35.9 Å². The van der Waals surface area contributed by atoms with Gasteiger partial charge in [0.25, 0.3) is 0 Å². The number of H-pyrrole nitrogens is 1. The zero-order valence-electron chi connectivity index (χ0n) is 24.7. The average molecular weight is 562 g/mol. The molecule has 220 valence electrons. The number of nitrogen functional groups attached to an aromatic ring is 1. The van der Waals surface area contributed by atoms with Gasteiger partial charge in [0.05, 0.1) is 23.2 Å². The molecular weight excluding hydrogens is 518 g/mol. The number of imidazole rings is 1. The Hall–Kier alpha value is -3.15. The van der Waals surface area contributed by atoms with Crippen LogP contribution in [-0.4, -0.2) is 80.9 Å². The van der Waals surface area contributed by atoms with Crippen LogP contribution >= 0.6 is 0 Å². The number of nitrogens with one attached hydrogen (secondary N) is 1. The number of aromatic amines is 1. The lowest BCUT2D eigenvalue weighted by Gasteiger charge is -2.46. The maximum absolute atomic E-state index is 11.0. The average Bonchev–Trinajstić information content (AvgIpc) is 3.58. The largest absolute Gasteiger partial charge is 0.390 e. The third-order valence-corrected chi connectivity index (χ3v) is 9.35. The van der Waals surface area contributed by atoms with E-state index in [0.29, 0.717) is 35.6 Å². The van der Waals surface area contributed by atoms with Crippen molar-refractivity contribution in [1.82, 2.24) is 39.8 Å². The Labute approximate surface area is 240 Å². The van der Waals surface area contributed by atoms with Crippen molar-refractivity contribution < 1.29 is 10.2 Å². The molecule has 11 heteroatoms. The summed E-state index contributed by atoms with van der Waals surface area (Å²) in [5.74, 6) is 1.91. The number of aryl methyl sites for hydroxylation is 1. The number of aliphatic hydroxyl groups is 2. The topological polar surface area (TPSA) is 155 Å². The van der Waals surface area contributed by atoms with Crippen LogP contribution in [0.25, 0.3) is 22.2 Å². The van der Waals surface area contributed by atoms with E-state index < -0.39 is 18.2 Å². The summed E-state index contributed by atoms with van der Waals surface area (Å²) in [7, 11) is 0. The fourth-order valence-corrected chi connectivity index (χ4v) is 6.77. The molecule has 0 bridgehead atoms. The van der Waals surface area contributed by atoms with Crippen molar-refractivity contribution in [2.75, 3.05) is 12.3 Å². The minimum Gasteiger partial charge on any atom is -0.390 e. The molecule has 0 radical (unpaired) electrons. The number of hydrogen-bond donors (Lipinski definition) is 4. The second-order valence-electron chi connectivity index (χ2n) is 13.5. The van der Waals surface area contributed by atoms with Crippen molar-refractivity contribution in [3.63, 3.8) is 0 Å². The highest BCUT2D eigenvalue weighted by atomic mass is 16.3. The highest BCUT2D eigenvalue weighted by molar-refractivity contribution is 5.80. The van der Waals surface area contributed by atoms with Crippen molar-refractivity contribution >= 4 is 28.0 Å². The van der Waals surface area contributed by atoms with Crippen LogP contribution < -0.4 is 5.73 Å². The van der Waals surface area contributed by atoms with Gasteiger partial charge < -0.3 is 20.9 Å². The number of fused-ring (bicyclic) bond motifs is 2. The van der Waals surface area contributed by atoms with Crippen LogP contribution in [0.15, 0.2) is 24.5 Å². The van der Waals surface area contributed by atoms with Crippen molar-refractivity contribution in [1.29, 1.82) is 0 Å². The molecule has 0 spiro atoms. The second-order valence-corrected chi connectivity index (χ2v) is 13.5. The fourth-order valence-electron chi connectivity index (χ4n) is 6.77. The van der Waals surface area contributed by atoms with Crippen LogP contribution in [0.5, 0.6) is 0 Å². The molecule has 6 rings (SSSR count). The fraction of sp³-hybridized carbons (Fsp3) is 0.633. The molecule has 0 saturated heterocycles. The minimum absolute atomic E-state index is 0.0802. The molecule has 0 amide bonds. The Morgan fingerprint density at radius 3 is 2.63 bits per heavy atom. The van der Waals surface area contributed by atoms with Gasteiger partial charge >= 0.3 is 0 Å². The van der Waals surface area contributed by atoms with Gasteiger partial charge in [0.2, 0.25) is 0 Å². The predicted octanol–water partition coefficient (Wildman–Crippen LogP) is 3.38. The summed E-state index contributed by atoms with van der Waals surface area (Å²) in [4.78, 5) is 19.2. The molecule has 4 aromatic rings. The maximum atomic E-state index is 11.0. The number of benzene rings is 1. The second kappa shape index (κ2) is 10.6. The van der Waals surface area contributed by atoms with E-state index >= 15 is 0 Å². The first-order chi connectivity index (χ1) is 19.5. The van der Waals surface area contributed by atoms with Gasteiger partial charge in [-0.1, -0.05) is 32.1 Å². The smallest absolute Gasteiger partial charge is 0.184 e. The Balaban J connectivity index is 1.06. The highest BCUT2D eigenvalue weighted by Crippen LogP contribution is 2.41. The van der Waals surface area contributed by atoms with Gasteiger partial charge in [0.1, 0.15) is 18.3 Å². The molecule has 4 unspecified atom stereocenters. The van der Waals surface area contributed by atoms with Crippen LogP contribution in [0.3, 0.4) is 0 Å². The summed E-state index contributed by atoms with van der Waals surface area (Å²) in [6.45, 7) is 11.9. The van der Waals surface area contributed by atoms with Crippen molar-refractivity contribution in [2.24, 2.45) is 11.8 Å². The van der Waals surface area contributed by atoms with Gasteiger partial charge in [0.15, 0.2) is 17.0 Å². The van der Waals surface area contributed by atoms with Gasteiger partial charge in [-0.2, -0.15) is 0 Å². The zero-order chi connectivity index (χ0) is 29.1. The Morgan fingerprint density at radius 1 is 1.12 bits per heavy atom. The Morgan fingerprint density at radius 2 is 1.90 bits per heavy atom. The molecule has 0 aliphatic heterocycles. The molecule has 2 aliphatic rings. The zero-order valence-corrected chi connectivity index (χ0v) is 24.7. The van der Waals surface area contributed by atoms with Gasteiger partial charge in [0, 0.05) is 31.0 Å². The minimum atomic E-state index is -0.951. The predicted molar refractivity (Wildman–Crippen MR) is 158 cm³/mol. The Kier molecular flexibility index (Phi) is 7.24. The third kappa shape index (κ3) is 5.30. The molecule has 5 N–H and O–H groups in total. The van der Waals surface area contributed by atoms with Crippen molar-refractivity contribution in [2.45, 2.75) is 102 Å². The molecule has 41 heavy (non-hydrogen) atoms. The number of hydrogen-bond acceptors (Lipinski definition) is 9. The molecular formula is C30H43N9O2. The number of nitrogens with zero attached hydrogens (tertiary/aromatic N) is 7. The van der Waals surface area contributed by atoms with E-state index in [1.54, 1.807) is 4.68 Å². The van der Waals surface area contributed by atoms with Crippen LogP contribution in [0.4, 0.5) is 5.82 Å². The van der Waals surface area contributed by atoms with Gasteiger partial charge in [-0.25, -0.2) is 19.6 Å². The standard InChI is InChI=1S/C30H43N9O2/c1-16(2)38(14-18-12-23(27(41)26(18)40)39-29-25(36-37-39)28(31)32-15-33-29)20-10-17(11-20)6-9-24-34-21-8-7-19(30(3,4)5)13-22(21)35-24/h7-8,13,15-18,20,23,26-27,40-41H,6,9-12,14H2,1-5H3,(H,34,35)(H2,31,32,33). The van der Waals surface area contributed by atoms with Gasteiger partial charge in [-0.05, 0) is 68.6 Å². The lowest BCUT2D eigenvalue weighted by atomic mass is 9.76. The quantitative estimate of drug-likeness (QED) is 0.253. The monoisotopic (exact) mass is 561 g/mol. The molecule has 2 aliphatic carbocycles. The summed E-state index contributed by atoms with van der Waals surface area (Å²) in [5, 5.41) is 30.3. The maximum Gasteiger partial charge on any atom is 0.184 e. The SMILES string of the molecule is CC(C)N(CC1CC(n2nnc3c(N)ncnc32)C(O)C1O)C1CC(CCc2nc3cc(C(C)(C)C)ccc3[nH]2)C1. The number of aliphatic hydroxyl groups excluding tert-OH is 2. The normalized spacial score (nSPS) is 27.0. The first kappa shape index (κ1) is 28.0. The van der Waals surface area contributed by atoms with Crippen LogP contribution in [0.2, 0.25) is 0 Å². The number of rotatable bonds is 8. The third-order valence-electron chi connectivity index (χ3n) is 9.35. The molecule has 2 fully saturated rings. The summed E-state index contributed by atoms with van der Waals surface area (Å²) in [6, 6.07) is 6.97. The van der Waals surface area contributed by atoms with E-state index in [0.717, 1.165) is 49.1 Å². The summed E-state index contributed by atoms with van der Waals surface area (Å²) in [5.41, 5.74) is 10.4. The van der Waals surface area contributed by atoms with Gasteiger partial charge in [-0.15, -0.1) is 5.10 Å². The van der Waals surface area contributed by atoms with Crippen molar-refractivity contribution in [3.8, 4) is 0 Å². The van der Waals surface area contributed by atoms with E-state index in [2.05, 4.69) is 83.0 Å². The summed E-state index contributed by atoms with van der Waals surface area (Å²) < 4.78 is 1.60. The summed E-state index contributed by atoms with van der Waals surface area (Å²) in [6.07, 6.45) is 4.52. The molecule has 4 atom stereocenters. The summed E-state index contributed by atoms with van der Waals surface area (Å²) >= 11 is 0.